The van der Waals surface area contributed by atoms with E-state index in [9.17, 15) is 9.18 Å². The highest BCUT2D eigenvalue weighted by molar-refractivity contribution is 5.77. The van der Waals surface area contributed by atoms with Crippen LogP contribution < -0.4 is 10.5 Å². The number of rotatable bonds is 4. The summed E-state index contributed by atoms with van der Waals surface area (Å²) in [7, 11) is 2.03. The van der Waals surface area contributed by atoms with Crippen molar-refractivity contribution in [3.8, 4) is 5.75 Å². The zero-order valence-corrected chi connectivity index (χ0v) is 12.5. The normalized spacial score (nSPS) is 17.6. The first-order chi connectivity index (χ1) is 9.97. The van der Waals surface area contributed by atoms with Crippen molar-refractivity contribution in [2.75, 3.05) is 39.8 Å². The average Bonchev–Trinajstić information content (AvgIpc) is 2.45. The number of hydrogen-bond acceptors (Lipinski definition) is 4. The molecular formula is C15H22FN3O2. The minimum atomic E-state index is -0.408. The van der Waals surface area contributed by atoms with Crippen molar-refractivity contribution in [2.45, 2.75) is 13.0 Å². The molecule has 6 heteroatoms. The fourth-order valence-corrected chi connectivity index (χ4v) is 2.26. The Morgan fingerprint density at radius 3 is 2.62 bits per heavy atom. The van der Waals surface area contributed by atoms with Gasteiger partial charge in [0.05, 0.1) is 0 Å². The molecule has 0 bridgehead atoms. The first-order valence-corrected chi connectivity index (χ1v) is 7.11. The molecule has 0 aromatic heterocycles. The molecule has 2 N–H and O–H groups in total. The maximum Gasteiger partial charge on any atom is 0.260 e. The van der Waals surface area contributed by atoms with Crippen LogP contribution in [0.4, 0.5) is 4.39 Å². The van der Waals surface area contributed by atoms with E-state index in [1.54, 1.807) is 24.0 Å². The van der Waals surface area contributed by atoms with Gasteiger partial charge in [0, 0.05) is 43.9 Å². The summed E-state index contributed by atoms with van der Waals surface area (Å²) >= 11 is 0. The van der Waals surface area contributed by atoms with Gasteiger partial charge in [0.25, 0.3) is 5.91 Å². The van der Waals surface area contributed by atoms with E-state index in [1.165, 1.54) is 6.07 Å². The van der Waals surface area contributed by atoms with Crippen LogP contribution in [0.15, 0.2) is 18.2 Å². The van der Waals surface area contributed by atoms with E-state index < -0.39 is 5.82 Å². The molecule has 1 aromatic carbocycles. The van der Waals surface area contributed by atoms with Crippen LogP contribution in [0, 0.1) is 5.82 Å². The highest BCUT2D eigenvalue weighted by Crippen LogP contribution is 2.20. The van der Waals surface area contributed by atoms with Gasteiger partial charge in [-0.05, 0) is 20.0 Å². The van der Waals surface area contributed by atoms with E-state index in [0.29, 0.717) is 24.4 Å². The molecule has 1 amide bonds. The van der Waals surface area contributed by atoms with Crippen LogP contribution in [0.3, 0.4) is 0 Å². The lowest BCUT2D eigenvalue weighted by molar-refractivity contribution is -0.134. The number of ether oxygens (including phenoxy) is 1. The summed E-state index contributed by atoms with van der Waals surface area (Å²) in [5, 5.41) is 0. The van der Waals surface area contributed by atoms with Crippen LogP contribution in [0.5, 0.6) is 5.75 Å². The Hall–Kier alpha value is -1.66. The third kappa shape index (κ3) is 4.15. The van der Waals surface area contributed by atoms with Gasteiger partial charge >= 0.3 is 0 Å². The SMILES string of the molecule is CC(N)c1ccc(OCC(=O)N2CCN(C)CC2)cc1F. The molecule has 2 rings (SSSR count). The second-order valence-electron chi connectivity index (χ2n) is 5.44. The topological polar surface area (TPSA) is 58.8 Å². The molecule has 21 heavy (non-hydrogen) atoms. The summed E-state index contributed by atoms with van der Waals surface area (Å²) in [6.45, 7) is 4.79. The summed E-state index contributed by atoms with van der Waals surface area (Å²) in [4.78, 5) is 16.0. The monoisotopic (exact) mass is 295 g/mol. The molecule has 1 unspecified atom stereocenters. The van der Waals surface area contributed by atoms with Crippen LogP contribution >= 0.6 is 0 Å². The molecule has 0 saturated carbocycles. The first-order valence-electron chi connectivity index (χ1n) is 7.11. The summed E-state index contributed by atoms with van der Waals surface area (Å²) in [6, 6.07) is 4.14. The number of halogens is 1. The second kappa shape index (κ2) is 6.87. The van der Waals surface area contributed by atoms with Gasteiger partial charge in [0.1, 0.15) is 11.6 Å². The van der Waals surface area contributed by atoms with E-state index in [2.05, 4.69) is 4.90 Å². The smallest absolute Gasteiger partial charge is 0.260 e. The lowest BCUT2D eigenvalue weighted by Crippen LogP contribution is -2.48. The summed E-state index contributed by atoms with van der Waals surface area (Å²) in [5.74, 6) is -0.131. The van der Waals surface area contributed by atoms with Gasteiger partial charge < -0.3 is 20.3 Å². The number of nitrogens with two attached hydrogens (primary N) is 1. The van der Waals surface area contributed by atoms with Crippen LogP contribution in [-0.4, -0.2) is 55.5 Å². The van der Waals surface area contributed by atoms with Crippen molar-refractivity contribution in [3.05, 3.63) is 29.6 Å². The molecular weight excluding hydrogens is 273 g/mol. The fourth-order valence-electron chi connectivity index (χ4n) is 2.26. The Kier molecular flexibility index (Phi) is 5.14. The van der Waals surface area contributed by atoms with E-state index in [0.717, 1.165) is 13.1 Å². The van der Waals surface area contributed by atoms with E-state index in [4.69, 9.17) is 10.5 Å². The van der Waals surface area contributed by atoms with Crippen LogP contribution in [0.1, 0.15) is 18.5 Å². The number of hydrogen-bond donors (Lipinski definition) is 1. The van der Waals surface area contributed by atoms with Crippen molar-refractivity contribution >= 4 is 5.91 Å². The molecule has 1 saturated heterocycles. The van der Waals surface area contributed by atoms with Gasteiger partial charge in [0.2, 0.25) is 0 Å². The van der Waals surface area contributed by atoms with Gasteiger partial charge in [0.15, 0.2) is 6.61 Å². The predicted molar refractivity (Wildman–Crippen MR) is 78.6 cm³/mol. The first kappa shape index (κ1) is 15.7. The van der Waals surface area contributed by atoms with Crippen molar-refractivity contribution in [3.63, 3.8) is 0 Å². The molecule has 5 nitrogen and oxygen atoms in total. The van der Waals surface area contributed by atoms with E-state index in [1.807, 2.05) is 7.05 Å². The standard InChI is InChI=1S/C15H22FN3O2/c1-11(17)13-4-3-12(9-14(13)16)21-10-15(20)19-7-5-18(2)6-8-19/h3-4,9,11H,5-8,10,17H2,1-2H3. The Bertz CT molecular complexity index is 500. The van der Waals surface area contributed by atoms with Gasteiger partial charge in [-0.2, -0.15) is 0 Å². The zero-order chi connectivity index (χ0) is 15.4. The summed E-state index contributed by atoms with van der Waals surface area (Å²) in [5.41, 5.74) is 6.09. The number of carbonyl (C=O) groups is 1. The molecule has 1 atom stereocenters. The van der Waals surface area contributed by atoms with Gasteiger partial charge in [-0.15, -0.1) is 0 Å². The minimum absolute atomic E-state index is 0.0688. The minimum Gasteiger partial charge on any atom is -0.484 e. The third-order valence-electron chi connectivity index (χ3n) is 3.68. The highest BCUT2D eigenvalue weighted by Gasteiger charge is 2.19. The Morgan fingerprint density at radius 1 is 1.38 bits per heavy atom. The number of carbonyl (C=O) groups excluding carboxylic acids is 1. The van der Waals surface area contributed by atoms with E-state index in [-0.39, 0.29) is 18.6 Å². The van der Waals surface area contributed by atoms with Crippen molar-refractivity contribution in [1.29, 1.82) is 0 Å². The quantitative estimate of drug-likeness (QED) is 0.900. The second-order valence-corrected chi connectivity index (χ2v) is 5.44. The molecule has 0 radical (unpaired) electrons. The lowest BCUT2D eigenvalue weighted by atomic mass is 10.1. The molecule has 1 fully saturated rings. The third-order valence-corrected chi connectivity index (χ3v) is 3.68. The van der Waals surface area contributed by atoms with Crippen molar-refractivity contribution in [2.24, 2.45) is 5.73 Å². The van der Waals surface area contributed by atoms with Gasteiger partial charge in [-0.25, -0.2) is 4.39 Å². The summed E-state index contributed by atoms with van der Waals surface area (Å²) < 4.78 is 19.1. The van der Waals surface area contributed by atoms with Gasteiger partial charge in [-0.1, -0.05) is 6.07 Å². The molecule has 1 aliphatic rings. The maximum absolute atomic E-state index is 13.8. The van der Waals surface area contributed by atoms with Crippen LogP contribution in [0.25, 0.3) is 0 Å². The Labute approximate surface area is 124 Å². The predicted octanol–water partition coefficient (Wildman–Crippen LogP) is 0.998. The van der Waals surface area contributed by atoms with Gasteiger partial charge in [-0.3, -0.25) is 4.79 Å². The molecule has 1 aromatic rings. The number of nitrogens with zero attached hydrogens (tertiary/aromatic N) is 2. The molecule has 1 aliphatic heterocycles. The Balaban J connectivity index is 1.88. The maximum atomic E-state index is 13.8. The van der Waals surface area contributed by atoms with Crippen LogP contribution in [0.2, 0.25) is 0 Å². The van der Waals surface area contributed by atoms with Crippen molar-refractivity contribution < 1.29 is 13.9 Å². The molecule has 1 heterocycles. The molecule has 0 aliphatic carbocycles. The van der Waals surface area contributed by atoms with E-state index >= 15 is 0 Å². The number of piperazine rings is 1. The average molecular weight is 295 g/mol. The Morgan fingerprint density at radius 2 is 2.05 bits per heavy atom. The fraction of sp³-hybridized carbons (Fsp3) is 0.533. The largest absolute Gasteiger partial charge is 0.484 e. The zero-order valence-electron chi connectivity index (χ0n) is 12.5. The lowest BCUT2D eigenvalue weighted by Gasteiger charge is -2.32. The van der Waals surface area contributed by atoms with Crippen molar-refractivity contribution in [1.82, 2.24) is 9.80 Å². The number of benzene rings is 1. The molecule has 0 spiro atoms. The number of likely N-dealkylation sites (N-methyl/N-ethyl adjacent to an activating group) is 1. The molecule has 116 valence electrons. The summed E-state index contributed by atoms with van der Waals surface area (Å²) in [6.07, 6.45) is 0. The van der Waals surface area contributed by atoms with Crippen LogP contribution in [-0.2, 0) is 4.79 Å². The highest BCUT2D eigenvalue weighted by atomic mass is 19.1. The number of amides is 1.